The number of azo groups is 1. The third-order valence-electron chi connectivity index (χ3n) is 2.10. The molecule has 0 rings (SSSR count). The third kappa shape index (κ3) is 8.12. The number of nitrogens with zero attached hydrogens (tertiary/aromatic N) is 4. The average molecular weight is 248 g/mol. The van der Waals surface area contributed by atoms with Crippen molar-refractivity contribution in [2.75, 3.05) is 13.1 Å². The molecule has 18 heavy (non-hydrogen) atoms. The summed E-state index contributed by atoms with van der Waals surface area (Å²) in [5, 5.41) is 24.2. The van der Waals surface area contributed by atoms with Gasteiger partial charge in [-0.2, -0.15) is 20.8 Å². The summed E-state index contributed by atoms with van der Waals surface area (Å²) in [6, 6.07) is 3.91. The summed E-state index contributed by atoms with van der Waals surface area (Å²) in [5.74, 6) is -1.01. The Labute approximate surface area is 106 Å². The van der Waals surface area contributed by atoms with Crippen LogP contribution < -0.4 is 0 Å². The Morgan fingerprint density at radius 2 is 1.28 bits per heavy atom. The number of hydrogen-bond donors (Lipinski definition) is 0. The average Bonchev–Trinajstić information content (AvgIpc) is 2.34. The lowest BCUT2D eigenvalue weighted by molar-refractivity contribution is -0.119. The molecule has 0 amide bonds. The van der Waals surface area contributed by atoms with E-state index in [4.69, 9.17) is 10.5 Å². The van der Waals surface area contributed by atoms with Gasteiger partial charge in [0.2, 0.25) is 0 Å². The molecule has 0 fully saturated rings. The largest absolute Gasteiger partial charge is 0.297 e. The molecule has 0 saturated heterocycles. The number of ketones is 2. The summed E-state index contributed by atoms with van der Waals surface area (Å²) in [6.45, 7) is 3.10. The minimum absolute atomic E-state index is 0.104. The second-order valence-electron chi connectivity index (χ2n) is 4.14. The Hall–Kier alpha value is -2.08. The zero-order valence-corrected chi connectivity index (χ0v) is 10.6. The highest BCUT2D eigenvalue weighted by Crippen LogP contribution is 2.02. The van der Waals surface area contributed by atoms with Gasteiger partial charge in [0.1, 0.15) is 13.1 Å². The van der Waals surface area contributed by atoms with Crippen LogP contribution in [0.15, 0.2) is 10.2 Å². The predicted octanol–water partition coefficient (Wildman–Crippen LogP) is 1.68. The molecule has 0 aromatic carbocycles. The van der Waals surface area contributed by atoms with Gasteiger partial charge in [-0.3, -0.25) is 9.59 Å². The van der Waals surface area contributed by atoms with Gasteiger partial charge in [0, 0.05) is 12.8 Å². The van der Waals surface area contributed by atoms with Crippen LogP contribution in [-0.4, -0.2) is 24.7 Å². The molecule has 0 saturated carbocycles. The molecule has 6 nitrogen and oxygen atoms in total. The molecule has 0 heterocycles. The van der Waals surface area contributed by atoms with E-state index >= 15 is 0 Å². The summed E-state index contributed by atoms with van der Waals surface area (Å²) in [6.07, 6.45) is 0.296. The molecule has 0 bridgehead atoms. The van der Waals surface area contributed by atoms with Crippen LogP contribution in [0, 0.1) is 34.5 Å². The highest BCUT2D eigenvalue weighted by atomic mass is 16.1. The SMILES string of the molecule is CC(C#N)CC(=O)CN=NCC(=O)CC(C)C#N. The predicted molar refractivity (Wildman–Crippen MR) is 63.4 cm³/mol. The minimum Gasteiger partial charge on any atom is -0.297 e. The van der Waals surface area contributed by atoms with Crippen LogP contribution in [-0.2, 0) is 9.59 Å². The summed E-state index contributed by atoms with van der Waals surface area (Å²) >= 11 is 0. The van der Waals surface area contributed by atoms with E-state index in [2.05, 4.69) is 10.2 Å². The van der Waals surface area contributed by atoms with E-state index in [1.54, 1.807) is 13.8 Å². The molecular formula is C12H16N4O2. The zero-order chi connectivity index (χ0) is 14.0. The molecule has 2 unspecified atom stereocenters. The van der Waals surface area contributed by atoms with Gasteiger partial charge in [-0.05, 0) is 13.8 Å². The molecule has 0 aliphatic rings. The topological polar surface area (TPSA) is 106 Å². The Bertz CT molecular complexity index is 365. The smallest absolute Gasteiger partial charge is 0.157 e. The van der Waals surface area contributed by atoms with Crippen molar-refractivity contribution in [3.05, 3.63) is 0 Å². The summed E-state index contributed by atoms with van der Waals surface area (Å²) in [7, 11) is 0. The van der Waals surface area contributed by atoms with Crippen molar-refractivity contribution in [1.82, 2.24) is 0 Å². The maximum atomic E-state index is 11.2. The first-order valence-corrected chi connectivity index (χ1v) is 5.65. The number of hydrogen-bond acceptors (Lipinski definition) is 6. The van der Waals surface area contributed by atoms with Gasteiger partial charge in [-0.15, -0.1) is 0 Å². The van der Waals surface area contributed by atoms with E-state index in [1.807, 2.05) is 12.1 Å². The standard InChI is InChI=1S/C12H16N4O2/c1-9(5-13)3-11(17)7-15-16-8-12(18)4-10(2)6-14/h9-10H,3-4,7-8H2,1-2H3. The first kappa shape index (κ1) is 15.9. The number of carbonyl (C=O) groups excluding carboxylic acids is 2. The molecule has 96 valence electrons. The zero-order valence-electron chi connectivity index (χ0n) is 10.6. The van der Waals surface area contributed by atoms with Crippen LogP contribution in [0.2, 0.25) is 0 Å². The van der Waals surface area contributed by atoms with E-state index in [1.165, 1.54) is 0 Å². The second-order valence-corrected chi connectivity index (χ2v) is 4.14. The lowest BCUT2D eigenvalue weighted by atomic mass is 10.1. The van der Waals surface area contributed by atoms with Gasteiger partial charge in [0.05, 0.1) is 24.0 Å². The van der Waals surface area contributed by atoms with Crippen molar-refractivity contribution >= 4 is 11.6 Å². The summed E-state index contributed by atoms with van der Waals surface area (Å²) in [4.78, 5) is 22.5. The molecule has 0 N–H and O–H groups in total. The number of nitriles is 2. The Morgan fingerprint density at radius 3 is 1.56 bits per heavy atom. The van der Waals surface area contributed by atoms with Crippen LogP contribution in [0.4, 0.5) is 0 Å². The molecule has 0 spiro atoms. The Balaban J connectivity index is 3.85. The fourth-order valence-corrected chi connectivity index (χ4v) is 1.16. The normalized spacial score (nSPS) is 13.6. The highest BCUT2D eigenvalue weighted by Gasteiger charge is 2.08. The van der Waals surface area contributed by atoms with Crippen LogP contribution in [0.1, 0.15) is 26.7 Å². The maximum Gasteiger partial charge on any atom is 0.157 e. The first-order valence-electron chi connectivity index (χ1n) is 5.65. The van der Waals surface area contributed by atoms with Crippen LogP contribution >= 0.6 is 0 Å². The molecule has 0 aliphatic carbocycles. The number of rotatable bonds is 8. The fraction of sp³-hybridized carbons (Fsp3) is 0.667. The van der Waals surface area contributed by atoms with Gasteiger partial charge in [0.25, 0.3) is 0 Å². The molecule has 0 radical (unpaired) electrons. The van der Waals surface area contributed by atoms with Crippen molar-refractivity contribution in [2.45, 2.75) is 26.7 Å². The maximum absolute atomic E-state index is 11.2. The van der Waals surface area contributed by atoms with Gasteiger partial charge >= 0.3 is 0 Å². The monoisotopic (exact) mass is 248 g/mol. The highest BCUT2D eigenvalue weighted by molar-refractivity contribution is 5.81. The fourth-order valence-electron chi connectivity index (χ4n) is 1.16. The lowest BCUT2D eigenvalue weighted by Crippen LogP contribution is -2.09. The van der Waals surface area contributed by atoms with Crippen LogP contribution in [0.25, 0.3) is 0 Å². The Kier molecular flexibility index (Phi) is 7.96. The van der Waals surface area contributed by atoms with Gasteiger partial charge in [0.15, 0.2) is 11.6 Å². The van der Waals surface area contributed by atoms with Crippen molar-refractivity contribution in [3.8, 4) is 12.1 Å². The van der Waals surface area contributed by atoms with E-state index in [9.17, 15) is 9.59 Å². The summed E-state index contributed by atoms with van der Waals surface area (Å²) in [5.41, 5.74) is 0. The van der Waals surface area contributed by atoms with Gasteiger partial charge in [-0.1, -0.05) is 0 Å². The van der Waals surface area contributed by atoms with Gasteiger partial charge < -0.3 is 0 Å². The van der Waals surface area contributed by atoms with E-state index in [0.29, 0.717) is 0 Å². The quantitative estimate of drug-likeness (QED) is 0.609. The first-order chi connectivity index (χ1) is 8.49. The molecule has 6 heteroatoms. The van der Waals surface area contributed by atoms with Crippen molar-refractivity contribution in [2.24, 2.45) is 22.1 Å². The number of carbonyl (C=O) groups is 2. The van der Waals surface area contributed by atoms with Crippen LogP contribution in [0.3, 0.4) is 0 Å². The van der Waals surface area contributed by atoms with E-state index < -0.39 is 0 Å². The molecule has 0 aliphatic heterocycles. The molecule has 0 aromatic heterocycles. The summed E-state index contributed by atoms with van der Waals surface area (Å²) < 4.78 is 0. The molecule has 2 atom stereocenters. The lowest BCUT2D eigenvalue weighted by Gasteiger charge is -1.98. The van der Waals surface area contributed by atoms with Crippen LogP contribution in [0.5, 0.6) is 0 Å². The van der Waals surface area contributed by atoms with E-state index in [-0.39, 0.29) is 49.3 Å². The van der Waals surface area contributed by atoms with Crippen molar-refractivity contribution in [1.29, 1.82) is 10.5 Å². The van der Waals surface area contributed by atoms with E-state index in [0.717, 1.165) is 0 Å². The second kappa shape index (κ2) is 9.00. The van der Waals surface area contributed by atoms with Crippen molar-refractivity contribution in [3.63, 3.8) is 0 Å². The van der Waals surface area contributed by atoms with Gasteiger partial charge in [-0.25, -0.2) is 0 Å². The minimum atomic E-state index is -0.328. The number of Topliss-reactive ketones (excluding diaryl/α,β-unsaturated/α-hetero) is 2. The Morgan fingerprint density at radius 1 is 0.944 bits per heavy atom. The molecular weight excluding hydrogens is 232 g/mol. The molecule has 0 aromatic rings. The van der Waals surface area contributed by atoms with Crippen molar-refractivity contribution < 1.29 is 9.59 Å². The third-order valence-corrected chi connectivity index (χ3v) is 2.10.